The van der Waals surface area contributed by atoms with E-state index >= 15 is 0 Å². The Hall–Kier alpha value is -1.15. The number of rotatable bonds is 3. The van der Waals surface area contributed by atoms with Gasteiger partial charge in [-0.2, -0.15) is 0 Å². The Morgan fingerprint density at radius 1 is 1.33 bits per heavy atom. The Morgan fingerprint density at radius 3 is 2.60 bits per heavy atom. The highest BCUT2D eigenvalue weighted by Crippen LogP contribution is 2.19. The monoisotopic (exact) mass is 219 g/mol. The Labute approximate surface area is 95.9 Å². The van der Waals surface area contributed by atoms with Crippen molar-refractivity contribution >= 4 is 17.4 Å². The van der Waals surface area contributed by atoms with E-state index in [-0.39, 0.29) is 0 Å². The van der Waals surface area contributed by atoms with Crippen molar-refractivity contribution in [2.24, 2.45) is 0 Å². The third kappa shape index (κ3) is 3.84. The minimum atomic E-state index is 1.12. The summed E-state index contributed by atoms with van der Waals surface area (Å²) < 4.78 is 0. The van der Waals surface area contributed by atoms with Crippen LogP contribution in [0.25, 0.3) is 6.08 Å². The second kappa shape index (κ2) is 5.66. The van der Waals surface area contributed by atoms with Crippen molar-refractivity contribution in [1.82, 2.24) is 4.98 Å². The van der Waals surface area contributed by atoms with Crippen molar-refractivity contribution in [3.8, 4) is 0 Å². The van der Waals surface area contributed by atoms with Crippen molar-refractivity contribution in [3.63, 3.8) is 0 Å². The fourth-order valence-corrected chi connectivity index (χ4v) is 2.04. The average molecular weight is 219 g/mol. The first-order valence-electron chi connectivity index (χ1n) is 5.05. The summed E-state index contributed by atoms with van der Waals surface area (Å²) in [5.74, 6) is 0. The van der Waals surface area contributed by atoms with E-state index in [2.05, 4.69) is 30.1 Å². The number of aryl methyl sites for hydroxylation is 2. The van der Waals surface area contributed by atoms with Crippen LogP contribution in [0, 0.1) is 13.8 Å². The number of thiazole rings is 1. The fraction of sp³-hybridized carbons (Fsp3) is 0.308. The predicted molar refractivity (Wildman–Crippen MR) is 69.2 cm³/mol. The third-order valence-corrected chi connectivity index (χ3v) is 3.03. The second-order valence-electron chi connectivity index (χ2n) is 3.45. The molecule has 1 nitrogen and oxygen atoms in total. The molecule has 0 aliphatic carbocycles. The molecule has 0 amide bonds. The Morgan fingerprint density at radius 2 is 2.07 bits per heavy atom. The highest BCUT2D eigenvalue weighted by molar-refractivity contribution is 7.12. The van der Waals surface area contributed by atoms with Crippen LogP contribution in [0.4, 0.5) is 0 Å². The van der Waals surface area contributed by atoms with Crippen LogP contribution in [0.1, 0.15) is 29.4 Å². The molecule has 1 heterocycles. The number of nitrogens with zero attached hydrogens (tertiary/aromatic N) is 1. The van der Waals surface area contributed by atoms with Gasteiger partial charge < -0.3 is 0 Å². The molecule has 1 aromatic rings. The van der Waals surface area contributed by atoms with Gasteiger partial charge in [-0.3, -0.25) is 0 Å². The summed E-state index contributed by atoms with van der Waals surface area (Å²) in [6, 6.07) is 0. The zero-order chi connectivity index (χ0) is 11.3. The largest absolute Gasteiger partial charge is 0.246 e. The summed E-state index contributed by atoms with van der Waals surface area (Å²) in [6.07, 6.45) is 10.4. The lowest BCUT2D eigenvalue weighted by Crippen LogP contribution is -1.73. The van der Waals surface area contributed by atoms with Gasteiger partial charge in [0.25, 0.3) is 0 Å². The standard InChI is InChI=1S/C13H17NS/c1-5-6-7-10(2)8-9-13-11(3)14-12(4)15-13/h5-9H,1-4H3. The van der Waals surface area contributed by atoms with E-state index in [4.69, 9.17) is 0 Å². The number of hydrogen-bond donors (Lipinski definition) is 0. The topological polar surface area (TPSA) is 12.9 Å². The average Bonchev–Trinajstić information content (AvgIpc) is 2.51. The summed E-state index contributed by atoms with van der Waals surface area (Å²) in [5, 5.41) is 1.13. The molecule has 0 radical (unpaired) electrons. The molecule has 0 aromatic carbocycles. The number of hydrogen-bond acceptors (Lipinski definition) is 2. The Bertz CT molecular complexity index is 408. The minimum absolute atomic E-state index is 1.12. The Balaban J connectivity index is 2.77. The molecule has 0 aliphatic heterocycles. The van der Waals surface area contributed by atoms with Crippen LogP contribution >= 0.6 is 11.3 Å². The van der Waals surface area contributed by atoms with Crippen LogP contribution in [-0.2, 0) is 0 Å². The van der Waals surface area contributed by atoms with Crippen molar-refractivity contribution in [3.05, 3.63) is 45.5 Å². The lowest BCUT2D eigenvalue weighted by atomic mass is 10.2. The van der Waals surface area contributed by atoms with Gasteiger partial charge in [0.15, 0.2) is 0 Å². The summed E-state index contributed by atoms with van der Waals surface area (Å²) >= 11 is 1.74. The maximum atomic E-state index is 4.38. The van der Waals surface area contributed by atoms with Gasteiger partial charge in [0, 0.05) is 0 Å². The molecule has 0 atom stereocenters. The van der Waals surface area contributed by atoms with Gasteiger partial charge in [0.2, 0.25) is 0 Å². The lowest BCUT2D eigenvalue weighted by molar-refractivity contribution is 1.20. The molecular weight excluding hydrogens is 202 g/mol. The third-order valence-electron chi connectivity index (χ3n) is 1.99. The fourth-order valence-electron chi connectivity index (χ4n) is 1.21. The van der Waals surface area contributed by atoms with Gasteiger partial charge >= 0.3 is 0 Å². The molecule has 0 unspecified atom stereocenters. The van der Waals surface area contributed by atoms with Gasteiger partial charge in [0.05, 0.1) is 15.6 Å². The normalized spacial score (nSPS) is 13.2. The molecule has 0 N–H and O–H groups in total. The van der Waals surface area contributed by atoms with E-state index in [1.54, 1.807) is 11.3 Å². The van der Waals surface area contributed by atoms with Gasteiger partial charge in [-0.05, 0) is 33.8 Å². The summed E-state index contributed by atoms with van der Waals surface area (Å²) in [4.78, 5) is 5.64. The molecule has 1 rings (SSSR count). The van der Waals surface area contributed by atoms with Crippen LogP contribution < -0.4 is 0 Å². The minimum Gasteiger partial charge on any atom is -0.246 e. The van der Waals surface area contributed by atoms with E-state index in [0.29, 0.717) is 0 Å². The van der Waals surface area contributed by atoms with Crippen LogP contribution in [0.2, 0.25) is 0 Å². The summed E-state index contributed by atoms with van der Waals surface area (Å²) in [7, 11) is 0. The zero-order valence-corrected chi connectivity index (χ0v) is 10.6. The quantitative estimate of drug-likeness (QED) is 0.691. The smallest absolute Gasteiger partial charge is 0.0903 e. The second-order valence-corrected chi connectivity index (χ2v) is 4.69. The van der Waals surface area contributed by atoms with Crippen molar-refractivity contribution in [2.45, 2.75) is 27.7 Å². The van der Waals surface area contributed by atoms with Gasteiger partial charge in [-0.25, -0.2) is 4.98 Å². The molecule has 0 aliphatic rings. The highest BCUT2D eigenvalue weighted by atomic mass is 32.1. The lowest BCUT2D eigenvalue weighted by Gasteiger charge is -1.89. The molecule has 80 valence electrons. The van der Waals surface area contributed by atoms with Crippen molar-refractivity contribution in [1.29, 1.82) is 0 Å². The van der Waals surface area contributed by atoms with Crippen LogP contribution in [0.5, 0.6) is 0 Å². The predicted octanol–water partition coefficient (Wildman–Crippen LogP) is 4.30. The maximum absolute atomic E-state index is 4.38. The molecule has 0 saturated heterocycles. The molecule has 1 aromatic heterocycles. The summed E-state index contributed by atoms with van der Waals surface area (Å²) in [6.45, 7) is 8.20. The molecule has 0 bridgehead atoms. The first-order chi connectivity index (χ1) is 7.13. The van der Waals surface area contributed by atoms with E-state index in [1.165, 1.54) is 10.5 Å². The van der Waals surface area contributed by atoms with E-state index in [9.17, 15) is 0 Å². The molecule has 2 heteroatoms. The van der Waals surface area contributed by atoms with Crippen molar-refractivity contribution in [2.75, 3.05) is 0 Å². The van der Waals surface area contributed by atoms with Gasteiger partial charge in [-0.15, -0.1) is 11.3 Å². The van der Waals surface area contributed by atoms with E-state index in [1.807, 2.05) is 32.9 Å². The maximum Gasteiger partial charge on any atom is 0.0903 e. The molecule has 0 saturated carbocycles. The first-order valence-corrected chi connectivity index (χ1v) is 5.87. The van der Waals surface area contributed by atoms with E-state index in [0.717, 1.165) is 10.7 Å². The van der Waals surface area contributed by atoms with Crippen molar-refractivity contribution < 1.29 is 0 Å². The van der Waals surface area contributed by atoms with Crippen LogP contribution in [-0.4, -0.2) is 4.98 Å². The SMILES string of the molecule is CC=CC=C(C)C=Cc1sc(C)nc1C. The molecule has 0 spiro atoms. The zero-order valence-electron chi connectivity index (χ0n) is 9.74. The first kappa shape index (κ1) is 11.9. The van der Waals surface area contributed by atoms with Crippen LogP contribution in [0.15, 0.2) is 29.9 Å². The number of allylic oxidation sites excluding steroid dienone is 5. The van der Waals surface area contributed by atoms with Gasteiger partial charge in [0.1, 0.15) is 0 Å². The van der Waals surface area contributed by atoms with E-state index < -0.39 is 0 Å². The highest BCUT2D eigenvalue weighted by Gasteiger charge is 1.99. The molecule has 0 fully saturated rings. The Kier molecular flexibility index (Phi) is 4.50. The molecular formula is C13H17NS. The molecule has 15 heavy (non-hydrogen) atoms. The van der Waals surface area contributed by atoms with Crippen LogP contribution in [0.3, 0.4) is 0 Å². The van der Waals surface area contributed by atoms with Gasteiger partial charge in [-0.1, -0.05) is 29.9 Å². The number of aromatic nitrogens is 1. The summed E-state index contributed by atoms with van der Waals surface area (Å²) in [5.41, 5.74) is 2.37.